The van der Waals surface area contributed by atoms with E-state index < -0.39 is 0 Å². The van der Waals surface area contributed by atoms with E-state index in [1.54, 1.807) is 0 Å². The lowest BCUT2D eigenvalue weighted by Crippen LogP contribution is -2.41. The average molecular weight is 143 g/mol. The zero-order valence-electron chi connectivity index (χ0n) is 7.02. The summed E-state index contributed by atoms with van der Waals surface area (Å²) < 4.78 is 0. The van der Waals surface area contributed by atoms with Crippen molar-refractivity contribution in [3.8, 4) is 0 Å². The second-order valence-electron chi connectivity index (χ2n) is 2.51. The highest BCUT2D eigenvalue weighted by molar-refractivity contribution is 4.80. The average Bonchev–Trinajstić information content (AvgIpc) is 1.85. The van der Waals surface area contributed by atoms with Gasteiger partial charge in [-0.2, -0.15) is 0 Å². The minimum absolute atomic E-state index is 0.486. The van der Waals surface area contributed by atoms with Crippen molar-refractivity contribution in [3.63, 3.8) is 0 Å². The van der Waals surface area contributed by atoms with E-state index in [1.807, 2.05) is 12.1 Å². The highest BCUT2D eigenvalue weighted by Crippen LogP contribution is 1.95. The van der Waals surface area contributed by atoms with Gasteiger partial charge in [0.15, 0.2) is 0 Å². The molecule has 0 spiro atoms. The minimum Gasteiger partial charge on any atom is -0.385 e. The molecule has 0 heterocycles. The molecule has 1 atom stereocenters. The molecule has 0 rings (SSSR count). The molecule has 10 heavy (non-hydrogen) atoms. The number of hydrazine groups is 1. The molecule has 0 aromatic rings. The first-order valence-electron chi connectivity index (χ1n) is 3.51. The van der Waals surface area contributed by atoms with Gasteiger partial charge in [-0.05, 0) is 13.3 Å². The van der Waals surface area contributed by atoms with Crippen molar-refractivity contribution in [1.29, 1.82) is 0 Å². The molecule has 3 heteroatoms. The molecule has 0 radical (unpaired) electrons. The third-order valence-electron chi connectivity index (χ3n) is 1.57. The maximum Gasteiger partial charge on any atom is 0.103 e. The summed E-state index contributed by atoms with van der Waals surface area (Å²) in [4.78, 5) is 0. The first kappa shape index (κ1) is 9.30. The molecule has 0 amide bonds. The molecule has 0 aliphatic rings. The fourth-order valence-corrected chi connectivity index (χ4v) is 0.611. The molecule has 0 aliphatic heterocycles. The van der Waals surface area contributed by atoms with Crippen molar-refractivity contribution in [1.82, 2.24) is 10.4 Å². The van der Waals surface area contributed by atoms with Gasteiger partial charge in [-0.15, -0.1) is 0 Å². The number of nitrogens with zero attached hydrogens (tertiary/aromatic N) is 1. The fraction of sp³-hybridized carbons (Fsp3) is 0.714. The van der Waals surface area contributed by atoms with Gasteiger partial charge in [0.1, 0.15) is 5.82 Å². The molecule has 60 valence electrons. The molecular formula is C7H17N3. The van der Waals surface area contributed by atoms with Crippen LogP contribution >= 0.6 is 0 Å². The summed E-state index contributed by atoms with van der Waals surface area (Å²) in [6.07, 6.45) is 1.09. The van der Waals surface area contributed by atoms with Gasteiger partial charge in [0.25, 0.3) is 0 Å². The van der Waals surface area contributed by atoms with Crippen LogP contribution in [0.5, 0.6) is 0 Å². The Morgan fingerprint density at radius 2 is 2.30 bits per heavy atom. The van der Waals surface area contributed by atoms with E-state index in [4.69, 9.17) is 5.73 Å². The third-order valence-corrected chi connectivity index (χ3v) is 1.57. The molecule has 0 saturated heterocycles. The molecule has 0 aliphatic carbocycles. The van der Waals surface area contributed by atoms with Gasteiger partial charge in [0.05, 0.1) is 0 Å². The Balaban J connectivity index is 3.61. The minimum atomic E-state index is 0.486. The van der Waals surface area contributed by atoms with E-state index in [0.717, 1.165) is 6.42 Å². The Bertz CT molecular complexity index is 111. The van der Waals surface area contributed by atoms with E-state index >= 15 is 0 Å². The van der Waals surface area contributed by atoms with Gasteiger partial charge in [0.2, 0.25) is 0 Å². The van der Waals surface area contributed by atoms with Crippen molar-refractivity contribution in [2.45, 2.75) is 26.3 Å². The third kappa shape index (κ3) is 3.35. The zero-order chi connectivity index (χ0) is 8.15. The summed E-state index contributed by atoms with van der Waals surface area (Å²) in [6, 6.07) is 0.486. The number of rotatable bonds is 4. The van der Waals surface area contributed by atoms with E-state index in [0.29, 0.717) is 11.9 Å². The monoisotopic (exact) mass is 143 g/mol. The summed E-state index contributed by atoms with van der Waals surface area (Å²) in [5, 5.41) is 1.95. The lowest BCUT2D eigenvalue weighted by atomic mass is 10.3. The van der Waals surface area contributed by atoms with E-state index in [2.05, 4.69) is 25.9 Å². The van der Waals surface area contributed by atoms with Gasteiger partial charge >= 0.3 is 0 Å². The summed E-state index contributed by atoms with van der Waals surface area (Å²) in [5.74, 6) is 0.489. The van der Waals surface area contributed by atoms with Crippen LogP contribution < -0.4 is 11.2 Å². The van der Waals surface area contributed by atoms with Gasteiger partial charge < -0.3 is 11.2 Å². The first-order valence-corrected chi connectivity index (χ1v) is 3.51. The van der Waals surface area contributed by atoms with Gasteiger partial charge in [0, 0.05) is 13.1 Å². The van der Waals surface area contributed by atoms with E-state index in [9.17, 15) is 0 Å². The summed E-state index contributed by atoms with van der Waals surface area (Å²) >= 11 is 0. The predicted molar refractivity (Wildman–Crippen MR) is 44.0 cm³/mol. The fourth-order valence-electron chi connectivity index (χ4n) is 0.611. The highest BCUT2D eigenvalue weighted by Gasteiger charge is 2.04. The SMILES string of the molecule is C=C(N)NN(C)C(C)CC. The summed E-state index contributed by atoms with van der Waals surface area (Å²) in [7, 11) is 1.95. The Labute approximate surface area is 62.9 Å². The maximum absolute atomic E-state index is 5.34. The second-order valence-corrected chi connectivity index (χ2v) is 2.51. The van der Waals surface area contributed by atoms with E-state index in [1.165, 1.54) is 0 Å². The van der Waals surface area contributed by atoms with Crippen molar-refractivity contribution < 1.29 is 0 Å². The topological polar surface area (TPSA) is 41.3 Å². The quantitative estimate of drug-likeness (QED) is 0.568. The number of hydrogen-bond donors (Lipinski definition) is 2. The lowest BCUT2D eigenvalue weighted by Gasteiger charge is -2.24. The van der Waals surface area contributed by atoms with Crippen LogP contribution in [0.25, 0.3) is 0 Å². The Morgan fingerprint density at radius 1 is 1.80 bits per heavy atom. The smallest absolute Gasteiger partial charge is 0.103 e. The molecule has 0 bridgehead atoms. The second kappa shape index (κ2) is 4.17. The van der Waals surface area contributed by atoms with Gasteiger partial charge in [-0.1, -0.05) is 13.5 Å². The maximum atomic E-state index is 5.34. The van der Waals surface area contributed by atoms with Crippen molar-refractivity contribution >= 4 is 0 Å². The molecule has 1 unspecified atom stereocenters. The van der Waals surface area contributed by atoms with Crippen LogP contribution in [0.3, 0.4) is 0 Å². The van der Waals surface area contributed by atoms with Crippen molar-refractivity contribution in [2.75, 3.05) is 7.05 Å². The Kier molecular flexibility index (Phi) is 3.88. The normalized spacial score (nSPS) is 13.2. The van der Waals surface area contributed by atoms with Gasteiger partial charge in [-0.3, -0.25) is 0 Å². The van der Waals surface area contributed by atoms with Crippen LogP contribution in [0.4, 0.5) is 0 Å². The molecule has 3 nitrogen and oxygen atoms in total. The highest BCUT2D eigenvalue weighted by atomic mass is 15.5. The standard InChI is InChI=1S/C7H17N3/c1-5-6(2)10(4)9-7(3)8/h6,9H,3,5,8H2,1-2,4H3. The Hall–Kier alpha value is -0.700. The molecule has 0 saturated carbocycles. The summed E-state index contributed by atoms with van der Waals surface area (Å²) in [5.41, 5.74) is 8.25. The van der Waals surface area contributed by atoms with Crippen LogP contribution in [0, 0.1) is 0 Å². The zero-order valence-corrected chi connectivity index (χ0v) is 7.02. The number of hydrogen-bond acceptors (Lipinski definition) is 3. The first-order chi connectivity index (χ1) is 4.57. The van der Waals surface area contributed by atoms with Crippen LogP contribution in [-0.2, 0) is 0 Å². The van der Waals surface area contributed by atoms with Crippen molar-refractivity contribution in [2.24, 2.45) is 5.73 Å². The number of nitrogens with one attached hydrogen (secondary N) is 1. The summed E-state index contributed by atoms with van der Waals surface area (Å²) in [6.45, 7) is 7.78. The molecule has 0 aromatic carbocycles. The molecule has 0 fully saturated rings. The predicted octanol–water partition coefficient (Wildman–Crippen LogP) is 0.651. The van der Waals surface area contributed by atoms with Crippen LogP contribution in [0.1, 0.15) is 20.3 Å². The lowest BCUT2D eigenvalue weighted by molar-refractivity contribution is 0.193. The van der Waals surface area contributed by atoms with Crippen LogP contribution in [0.15, 0.2) is 12.4 Å². The van der Waals surface area contributed by atoms with E-state index in [-0.39, 0.29) is 0 Å². The van der Waals surface area contributed by atoms with Crippen LogP contribution in [-0.4, -0.2) is 18.1 Å². The van der Waals surface area contributed by atoms with Gasteiger partial charge in [-0.25, -0.2) is 5.01 Å². The van der Waals surface area contributed by atoms with Crippen molar-refractivity contribution in [3.05, 3.63) is 12.4 Å². The van der Waals surface area contributed by atoms with Crippen LogP contribution in [0.2, 0.25) is 0 Å². The largest absolute Gasteiger partial charge is 0.385 e. The Morgan fingerprint density at radius 3 is 2.60 bits per heavy atom. The molecule has 0 aromatic heterocycles. The molecule has 3 N–H and O–H groups in total. The number of nitrogens with two attached hydrogens (primary N) is 1. The molecular weight excluding hydrogens is 126 g/mol.